The molecule has 0 unspecified atom stereocenters. The van der Waals surface area contributed by atoms with Crippen LogP contribution in [0, 0.1) is 6.92 Å². The number of nitrogens with two attached hydrogens (primary N) is 1. The molecule has 198 valence electrons. The number of pyridine rings is 2. The zero-order valence-corrected chi connectivity index (χ0v) is 22.9. The number of hydrogen-bond donors (Lipinski definition) is 1. The number of aromatic nitrogens is 3. The number of ether oxygens (including phenoxy) is 1. The van der Waals surface area contributed by atoms with Gasteiger partial charge in [-0.3, -0.25) is 9.69 Å². The Kier molecular flexibility index (Phi) is 7.08. The van der Waals surface area contributed by atoms with Gasteiger partial charge in [0.25, 0.3) is 5.91 Å². The van der Waals surface area contributed by atoms with Gasteiger partial charge in [0.1, 0.15) is 5.65 Å². The number of anilines is 1. The van der Waals surface area contributed by atoms with Gasteiger partial charge in [0, 0.05) is 67.9 Å². The van der Waals surface area contributed by atoms with E-state index in [4.69, 9.17) is 15.5 Å². The minimum Gasteiger partial charge on any atom is -0.493 e. The number of carbonyl (C=O) groups is 1. The average Bonchev–Trinajstić information content (AvgIpc) is 3.24. The monoisotopic (exact) mass is 512 g/mol. The predicted octanol–water partition coefficient (Wildman–Crippen LogP) is 4.62. The number of methoxy groups -OCH3 is 1. The van der Waals surface area contributed by atoms with Crippen LogP contribution >= 0.6 is 0 Å². The van der Waals surface area contributed by atoms with E-state index in [1.807, 2.05) is 37.5 Å². The van der Waals surface area contributed by atoms with Crippen LogP contribution in [-0.2, 0) is 13.6 Å². The molecule has 4 aromatic rings. The van der Waals surface area contributed by atoms with Crippen molar-refractivity contribution in [2.45, 2.75) is 32.2 Å². The summed E-state index contributed by atoms with van der Waals surface area (Å²) in [5.41, 5.74) is 13.3. The lowest BCUT2D eigenvalue weighted by atomic mass is 9.89. The Labute approximate surface area is 224 Å². The summed E-state index contributed by atoms with van der Waals surface area (Å²) in [5, 5.41) is 1.10. The van der Waals surface area contributed by atoms with E-state index in [0.29, 0.717) is 17.5 Å². The van der Waals surface area contributed by atoms with Gasteiger partial charge in [-0.25, -0.2) is 9.97 Å². The normalized spacial score (nSPS) is 14.7. The van der Waals surface area contributed by atoms with E-state index in [1.165, 1.54) is 11.3 Å². The first-order valence-corrected chi connectivity index (χ1v) is 13.0. The Morgan fingerprint density at radius 2 is 1.82 bits per heavy atom. The number of amides is 1. The van der Waals surface area contributed by atoms with Crippen LogP contribution in [0.25, 0.3) is 22.2 Å². The lowest BCUT2D eigenvalue weighted by Crippen LogP contribution is -2.33. The van der Waals surface area contributed by atoms with Crippen LogP contribution in [0.5, 0.6) is 5.75 Å². The molecule has 4 heterocycles. The summed E-state index contributed by atoms with van der Waals surface area (Å²) in [6.45, 7) is 4.95. The van der Waals surface area contributed by atoms with Crippen molar-refractivity contribution in [2.24, 2.45) is 7.05 Å². The van der Waals surface area contributed by atoms with Gasteiger partial charge < -0.3 is 19.9 Å². The number of aryl methyl sites for hydroxylation is 1. The maximum Gasteiger partial charge on any atom is 0.253 e. The highest BCUT2D eigenvalue weighted by Crippen LogP contribution is 2.37. The molecular formula is C30H36N6O2. The molecule has 1 aliphatic rings. The van der Waals surface area contributed by atoms with Gasteiger partial charge in [0.2, 0.25) is 0 Å². The second-order valence-corrected chi connectivity index (χ2v) is 10.4. The summed E-state index contributed by atoms with van der Waals surface area (Å²) >= 11 is 0. The van der Waals surface area contributed by atoms with Crippen molar-refractivity contribution in [2.75, 3.05) is 40.0 Å². The number of hydrogen-bond acceptors (Lipinski definition) is 6. The molecule has 0 atom stereocenters. The molecule has 1 fully saturated rings. The topological polar surface area (TPSA) is 89.5 Å². The van der Waals surface area contributed by atoms with E-state index in [-0.39, 0.29) is 5.91 Å². The number of likely N-dealkylation sites (tertiary alicyclic amines) is 1. The summed E-state index contributed by atoms with van der Waals surface area (Å²) in [4.78, 5) is 25.4. The second-order valence-electron chi connectivity index (χ2n) is 10.4. The van der Waals surface area contributed by atoms with Crippen LogP contribution in [0.3, 0.4) is 0 Å². The second kappa shape index (κ2) is 10.5. The van der Waals surface area contributed by atoms with Gasteiger partial charge >= 0.3 is 0 Å². The molecule has 5 rings (SSSR count). The molecule has 0 aliphatic carbocycles. The van der Waals surface area contributed by atoms with Crippen molar-refractivity contribution in [1.29, 1.82) is 0 Å². The Morgan fingerprint density at radius 3 is 2.47 bits per heavy atom. The third-order valence-electron chi connectivity index (χ3n) is 7.84. The summed E-state index contributed by atoms with van der Waals surface area (Å²) in [6.07, 6.45) is 5.88. The molecule has 0 saturated carbocycles. The van der Waals surface area contributed by atoms with E-state index in [9.17, 15) is 4.79 Å². The van der Waals surface area contributed by atoms with Gasteiger partial charge in [-0.2, -0.15) is 0 Å². The van der Waals surface area contributed by atoms with Crippen LogP contribution in [0.4, 0.5) is 5.82 Å². The smallest absolute Gasteiger partial charge is 0.253 e. The van der Waals surface area contributed by atoms with Crippen molar-refractivity contribution in [3.05, 3.63) is 71.2 Å². The zero-order chi connectivity index (χ0) is 27.0. The Bertz CT molecular complexity index is 1470. The average molecular weight is 513 g/mol. The number of fused-ring (bicyclic) bond motifs is 1. The maximum absolute atomic E-state index is 12.2. The zero-order valence-electron chi connectivity index (χ0n) is 22.9. The molecule has 1 aromatic carbocycles. The molecule has 2 N–H and O–H groups in total. The number of nitrogen functional groups attached to an aromatic ring is 1. The van der Waals surface area contributed by atoms with Crippen LogP contribution in [0.1, 0.15) is 45.9 Å². The van der Waals surface area contributed by atoms with Crippen molar-refractivity contribution < 1.29 is 9.53 Å². The molecule has 0 radical (unpaired) electrons. The third kappa shape index (κ3) is 4.72. The third-order valence-corrected chi connectivity index (χ3v) is 7.84. The van der Waals surface area contributed by atoms with Gasteiger partial charge in [-0.15, -0.1) is 0 Å². The fraction of sp³-hybridized carbons (Fsp3) is 0.367. The van der Waals surface area contributed by atoms with Crippen molar-refractivity contribution in [3.8, 4) is 16.9 Å². The summed E-state index contributed by atoms with van der Waals surface area (Å²) < 4.78 is 7.71. The van der Waals surface area contributed by atoms with E-state index >= 15 is 0 Å². The van der Waals surface area contributed by atoms with E-state index < -0.39 is 0 Å². The molecule has 1 amide bonds. The van der Waals surface area contributed by atoms with E-state index in [1.54, 1.807) is 26.1 Å². The standard InChI is InChI=1S/C30H36N6O2/c1-19-26(17-33-28(31)27(19)38-5)24-10-13-32-29-25(24)16-23(35(29)4)18-36-14-11-21(12-15-36)20-6-8-22(9-7-20)30(37)34(2)3/h6-10,13,16-17,21H,11-12,14-15,18H2,1-5H3,(H2,31,33). The highest BCUT2D eigenvalue weighted by molar-refractivity contribution is 5.95. The first-order valence-electron chi connectivity index (χ1n) is 13.0. The van der Waals surface area contributed by atoms with Crippen molar-refractivity contribution >= 4 is 22.8 Å². The maximum atomic E-state index is 12.2. The van der Waals surface area contributed by atoms with Crippen LogP contribution in [-0.4, -0.2) is 64.5 Å². The first kappa shape index (κ1) is 25.7. The molecule has 0 spiro atoms. The first-order chi connectivity index (χ1) is 18.3. The molecular weight excluding hydrogens is 476 g/mol. The van der Waals surface area contributed by atoms with Crippen LogP contribution < -0.4 is 10.5 Å². The summed E-state index contributed by atoms with van der Waals surface area (Å²) in [6, 6.07) is 12.5. The molecule has 1 saturated heterocycles. The Morgan fingerprint density at radius 1 is 1.11 bits per heavy atom. The molecule has 3 aromatic heterocycles. The highest BCUT2D eigenvalue weighted by Gasteiger charge is 2.23. The van der Waals surface area contributed by atoms with E-state index in [2.05, 4.69) is 39.7 Å². The number of carbonyl (C=O) groups excluding carboxylic acids is 1. The van der Waals surface area contributed by atoms with Gasteiger partial charge in [-0.05, 0) is 74.2 Å². The lowest BCUT2D eigenvalue weighted by Gasteiger charge is -2.32. The number of benzene rings is 1. The summed E-state index contributed by atoms with van der Waals surface area (Å²) in [5.74, 6) is 1.58. The largest absolute Gasteiger partial charge is 0.493 e. The van der Waals surface area contributed by atoms with Crippen molar-refractivity contribution in [3.63, 3.8) is 0 Å². The minimum absolute atomic E-state index is 0.0425. The molecule has 8 heteroatoms. The molecule has 38 heavy (non-hydrogen) atoms. The lowest BCUT2D eigenvalue weighted by molar-refractivity contribution is 0.0827. The van der Waals surface area contributed by atoms with E-state index in [0.717, 1.165) is 65.8 Å². The van der Waals surface area contributed by atoms with Crippen LogP contribution in [0.2, 0.25) is 0 Å². The molecule has 1 aliphatic heterocycles. The van der Waals surface area contributed by atoms with Gasteiger partial charge in [0.15, 0.2) is 11.6 Å². The quantitative estimate of drug-likeness (QED) is 0.406. The number of rotatable bonds is 6. The highest BCUT2D eigenvalue weighted by atomic mass is 16.5. The molecule has 0 bridgehead atoms. The Balaban J connectivity index is 1.32. The molecule has 8 nitrogen and oxygen atoms in total. The number of piperidine rings is 1. The van der Waals surface area contributed by atoms with Gasteiger partial charge in [0.05, 0.1) is 7.11 Å². The SMILES string of the molecule is COc1c(N)ncc(-c2ccnc3c2cc(CN2CCC(c4ccc(C(=O)N(C)C)cc4)CC2)n3C)c1C. The minimum atomic E-state index is 0.0425. The predicted molar refractivity (Wildman–Crippen MR) is 151 cm³/mol. The Hall–Kier alpha value is -3.91. The summed E-state index contributed by atoms with van der Waals surface area (Å²) in [7, 11) is 7.28. The van der Waals surface area contributed by atoms with Crippen LogP contribution in [0.15, 0.2) is 48.8 Å². The van der Waals surface area contributed by atoms with Gasteiger partial charge in [-0.1, -0.05) is 12.1 Å². The number of nitrogens with zero attached hydrogens (tertiary/aromatic N) is 5. The fourth-order valence-electron chi connectivity index (χ4n) is 5.60. The fourth-order valence-corrected chi connectivity index (χ4v) is 5.60. The van der Waals surface area contributed by atoms with Crippen molar-refractivity contribution in [1.82, 2.24) is 24.3 Å².